The Hall–Kier alpha value is -1.19. The summed E-state index contributed by atoms with van der Waals surface area (Å²) in [5.74, 6) is -0.576. The Balaban J connectivity index is 1.63. The third-order valence-electron chi connectivity index (χ3n) is 4.38. The fourth-order valence-electron chi connectivity index (χ4n) is 2.98. The van der Waals surface area contributed by atoms with E-state index in [1.807, 2.05) is 6.07 Å². The molecule has 10 heteroatoms. The van der Waals surface area contributed by atoms with Gasteiger partial charge in [-0.3, -0.25) is 4.79 Å². The molecular formula is C17H19Cl2N3O3S2. The summed E-state index contributed by atoms with van der Waals surface area (Å²) in [6.45, 7) is 0.672. The first-order valence-electron chi connectivity index (χ1n) is 8.37. The number of hydrogen-bond acceptors (Lipinski definition) is 5. The number of carbonyl (C=O) groups is 1. The number of anilines is 1. The number of thiazole rings is 1. The monoisotopic (exact) mass is 447 g/mol. The fraction of sp³-hybridized carbons (Fsp3) is 0.412. The van der Waals surface area contributed by atoms with Gasteiger partial charge >= 0.3 is 0 Å². The number of piperidine rings is 1. The summed E-state index contributed by atoms with van der Waals surface area (Å²) in [5, 5.41) is 4.53. The first kappa shape index (κ1) is 20.5. The lowest BCUT2D eigenvalue weighted by Gasteiger charge is -2.29. The number of halogens is 2. The van der Waals surface area contributed by atoms with E-state index in [0.717, 1.165) is 10.4 Å². The van der Waals surface area contributed by atoms with E-state index in [2.05, 4.69) is 10.3 Å². The van der Waals surface area contributed by atoms with Crippen molar-refractivity contribution in [3.63, 3.8) is 0 Å². The van der Waals surface area contributed by atoms with Gasteiger partial charge in [0.25, 0.3) is 0 Å². The zero-order valence-corrected chi connectivity index (χ0v) is 17.8. The maximum Gasteiger partial charge on any atom is 0.230 e. The highest BCUT2D eigenvalue weighted by Crippen LogP contribution is 2.28. The number of sulfonamides is 1. The van der Waals surface area contributed by atoms with Gasteiger partial charge in [0, 0.05) is 40.6 Å². The molecule has 1 aliphatic rings. The van der Waals surface area contributed by atoms with E-state index in [1.165, 1.54) is 21.9 Å². The van der Waals surface area contributed by atoms with Gasteiger partial charge in [-0.2, -0.15) is 0 Å². The van der Waals surface area contributed by atoms with Gasteiger partial charge in [-0.05, 0) is 36.6 Å². The van der Waals surface area contributed by atoms with Crippen LogP contribution in [0.4, 0.5) is 5.13 Å². The molecule has 1 aromatic heterocycles. The summed E-state index contributed by atoms with van der Waals surface area (Å²) in [7, 11) is -3.29. The van der Waals surface area contributed by atoms with Gasteiger partial charge in [0.15, 0.2) is 5.13 Å². The molecule has 0 radical (unpaired) electrons. The number of carbonyl (C=O) groups excluding carboxylic acids is 1. The van der Waals surface area contributed by atoms with E-state index in [0.29, 0.717) is 41.0 Å². The average Bonchev–Trinajstić information content (AvgIpc) is 3.04. The SMILES string of the molecule is CS(=O)(=O)N1CCCC(C(=O)Nc2ncc(Cc3cc(Cl)ccc3Cl)s2)C1. The van der Waals surface area contributed by atoms with E-state index in [9.17, 15) is 13.2 Å². The molecule has 2 aromatic rings. The maximum absolute atomic E-state index is 12.5. The Kier molecular flexibility index (Phi) is 6.43. The zero-order valence-electron chi connectivity index (χ0n) is 14.6. The van der Waals surface area contributed by atoms with Crippen LogP contribution >= 0.6 is 34.5 Å². The normalized spacial score (nSPS) is 18.4. The predicted molar refractivity (Wildman–Crippen MR) is 109 cm³/mol. The van der Waals surface area contributed by atoms with Crippen LogP contribution in [0.3, 0.4) is 0 Å². The molecule has 1 fully saturated rings. The highest BCUT2D eigenvalue weighted by atomic mass is 35.5. The van der Waals surface area contributed by atoms with Gasteiger partial charge in [-0.25, -0.2) is 17.7 Å². The summed E-state index contributed by atoms with van der Waals surface area (Å²) >= 11 is 13.6. The predicted octanol–water partition coefficient (Wildman–Crippen LogP) is 3.65. The molecule has 1 saturated heterocycles. The van der Waals surface area contributed by atoms with Crippen molar-refractivity contribution in [1.29, 1.82) is 0 Å². The molecule has 2 heterocycles. The number of hydrogen-bond donors (Lipinski definition) is 1. The minimum absolute atomic E-state index is 0.204. The van der Waals surface area contributed by atoms with E-state index in [1.54, 1.807) is 18.3 Å². The molecule has 1 amide bonds. The van der Waals surface area contributed by atoms with Crippen LogP contribution in [0.15, 0.2) is 24.4 Å². The Morgan fingerprint density at radius 1 is 1.41 bits per heavy atom. The lowest BCUT2D eigenvalue weighted by atomic mass is 9.99. The van der Waals surface area contributed by atoms with Gasteiger partial charge < -0.3 is 5.32 Å². The second-order valence-corrected chi connectivity index (χ2v) is 10.4. The molecule has 0 saturated carbocycles. The molecule has 146 valence electrons. The Morgan fingerprint density at radius 3 is 2.93 bits per heavy atom. The minimum atomic E-state index is -3.29. The molecule has 0 aliphatic carbocycles. The molecule has 1 aromatic carbocycles. The average molecular weight is 448 g/mol. The fourth-order valence-corrected chi connectivity index (χ4v) is 5.11. The topological polar surface area (TPSA) is 79.4 Å². The summed E-state index contributed by atoms with van der Waals surface area (Å²) in [5.41, 5.74) is 0.891. The second kappa shape index (κ2) is 8.45. The molecule has 0 bridgehead atoms. The molecule has 0 spiro atoms. The number of nitrogens with one attached hydrogen (secondary N) is 1. The standard InChI is InChI=1S/C17H19Cl2N3O3S2/c1-27(24,25)22-6-2-3-11(10-22)16(23)21-17-20-9-14(26-17)8-12-7-13(18)4-5-15(12)19/h4-5,7,9,11H,2-3,6,8,10H2,1H3,(H,20,21,23). The smallest absolute Gasteiger partial charge is 0.230 e. The van der Waals surface area contributed by atoms with E-state index in [4.69, 9.17) is 23.2 Å². The highest BCUT2D eigenvalue weighted by Gasteiger charge is 2.30. The van der Waals surface area contributed by atoms with Gasteiger partial charge in [-0.1, -0.05) is 23.2 Å². The van der Waals surface area contributed by atoms with Crippen molar-refractivity contribution in [3.8, 4) is 0 Å². The quantitative estimate of drug-likeness (QED) is 0.758. The van der Waals surface area contributed by atoms with Crippen LogP contribution in [-0.4, -0.2) is 43.0 Å². The minimum Gasteiger partial charge on any atom is -0.302 e. The number of amides is 1. The summed E-state index contributed by atoms with van der Waals surface area (Å²) in [4.78, 5) is 17.7. The van der Waals surface area contributed by atoms with Crippen LogP contribution in [0.25, 0.3) is 0 Å². The summed E-state index contributed by atoms with van der Waals surface area (Å²) in [6.07, 6.45) is 4.76. The maximum atomic E-state index is 12.5. The molecule has 1 aliphatic heterocycles. The van der Waals surface area contributed by atoms with Crippen LogP contribution in [0.5, 0.6) is 0 Å². The molecule has 27 heavy (non-hydrogen) atoms. The Labute approximate surface area is 172 Å². The van der Waals surface area contributed by atoms with Crippen molar-refractivity contribution in [1.82, 2.24) is 9.29 Å². The first-order valence-corrected chi connectivity index (χ1v) is 11.8. The van der Waals surface area contributed by atoms with Crippen molar-refractivity contribution >= 4 is 55.6 Å². The van der Waals surface area contributed by atoms with Crippen LogP contribution in [0.1, 0.15) is 23.3 Å². The molecular weight excluding hydrogens is 429 g/mol. The van der Waals surface area contributed by atoms with Crippen molar-refractivity contribution in [2.24, 2.45) is 5.92 Å². The molecule has 1 atom stereocenters. The lowest BCUT2D eigenvalue weighted by molar-refractivity contribution is -0.120. The van der Waals surface area contributed by atoms with Crippen LogP contribution in [0.2, 0.25) is 10.0 Å². The van der Waals surface area contributed by atoms with Gasteiger partial charge in [0.1, 0.15) is 0 Å². The zero-order chi connectivity index (χ0) is 19.6. The van der Waals surface area contributed by atoms with Crippen molar-refractivity contribution in [3.05, 3.63) is 44.9 Å². The number of nitrogens with zero attached hydrogens (tertiary/aromatic N) is 2. The molecule has 1 unspecified atom stereocenters. The van der Waals surface area contributed by atoms with Crippen LogP contribution in [0, 0.1) is 5.92 Å². The number of benzene rings is 1. The summed E-state index contributed by atoms with van der Waals surface area (Å²) in [6, 6.07) is 5.29. The summed E-state index contributed by atoms with van der Waals surface area (Å²) < 4.78 is 24.8. The molecule has 6 nitrogen and oxygen atoms in total. The van der Waals surface area contributed by atoms with Crippen molar-refractivity contribution in [2.45, 2.75) is 19.3 Å². The van der Waals surface area contributed by atoms with Gasteiger partial charge in [-0.15, -0.1) is 11.3 Å². The van der Waals surface area contributed by atoms with Crippen LogP contribution in [-0.2, 0) is 21.2 Å². The number of aromatic nitrogens is 1. The number of rotatable bonds is 5. The third kappa shape index (κ3) is 5.42. The second-order valence-electron chi connectivity index (χ2n) is 6.49. The van der Waals surface area contributed by atoms with Crippen LogP contribution < -0.4 is 5.32 Å². The Bertz CT molecular complexity index is 947. The van der Waals surface area contributed by atoms with E-state index in [-0.39, 0.29) is 18.4 Å². The van der Waals surface area contributed by atoms with E-state index >= 15 is 0 Å². The first-order chi connectivity index (χ1) is 12.7. The van der Waals surface area contributed by atoms with Gasteiger partial charge in [0.2, 0.25) is 15.9 Å². The Morgan fingerprint density at radius 2 is 2.19 bits per heavy atom. The van der Waals surface area contributed by atoms with E-state index < -0.39 is 10.0 Å². The molecule has 3 rings (SSSR count). The van der Waals surface area contributed by atoms with Crippen molar-refractivity contribution in [2.75, 3.05) is 24.7 Å². The highest BCUT2D eigenvalue weighted by molar-refractivity contribution is 7.88. The molecule has 1 N–H and O–H groups in total. The van der Waals surface area contributed by atoms with Crippen molar-refractivity contribution < 1.29 is 13.2 Å². The lowest BCUT2D eigenvalue weighted by Crippen LogP contribution is -2.43. The van der Waals surface area contributed by atoms with Gasteiger partial charge in [0.05, 0.1) is 12.2 Å². The largest absolute Gasteiger partial charge is 0.302 e. The third-order valence-corrected chi connectivity index (χ3v) is 7.17.